The van der Waals surface area contributed by atoms with Gasteiger partial charge in [-0.25, -0.2) is 4.79 Å². The monoisotopic (exact) mass is 259 g/mol. The molecular weight excluding hydrogens is 246 g/mol. The molecule has 2 aromatic rings. The Balaban J connectivity index is 3.22. The second kappa shape index (κ2) is 4.17. The number of anilines is 1. The van der Waals surface area contributed by atoms with Crippen LogP contribution in [-0.4, -0.2) is 13.7 Å². The molecule has 0 bridgehead atoms. The van der Waals surface area contributed by atoms with E-state index in [-0.39, 0.29) is 16.8 Å². The predicted molar refractivity (Wildman–Crippen MR) is 71.7 cm³/mol. The van der Waals surface area contributed by atoms with E-state index in [4.69, 9.17) is 11.0 Å². The molecule has 0 saturated carbocycles. The summed E-state index contributed by atoms with van der Waals surface area (Å²) in [6.45, 7) is 3.91. The molecule has 2 rings (SSSR count). The minimum atomic E-state index is -0.524. The molecule has 2 aromatic heterocycles. The van der Waals surface area contributed by atoms with Crippen molar-refractivity contribution in [2.45, 2.75) is 6.54 Å². The van der Waals surface area contributed by atoms with E-state index < -0.39 is 11.2 Å². The third-order valence-electron chi connectivity index (χ3n) is 3.11. The lowest BCUT2D eigenvalue weighted by molar-refractivity contribution is 0.692. The van der Waals surface area contributed by atoms with Gasteiger partial charge >= 0.3 is 5.69 Å². The molecule has 0 aliphatic rings. The highest BCUT2D eigenvalue weighted by Crippen LogP contribution is 2.23. The lowest BCUT2D eigenvalue weighted by atomic mass is 10.2. The molecule has 0 fully saturated rings. The molecule has 2 heterocycles. The van der Waals surface area contributed by atoms with Gasteiger partial charge in [-0.15, -0.1) is 6.58 Å². The number of hydrogen-bond donors (Lipinski definition) is 1. The van der Waals surface area contributed by atoms with Crippen LogP contribution < -0.4 is 17.0 Å². The maximum absolute atomic E-state index is 12.2. The second-order valence-corrected chi connectivity index (χ2v) is 4.18. The minimum absolute atomic E-state index is 0.0908. The van der Waals surface area contributed by atoms with E-state index in [1.165, 1.54) is 23.2 Å². The lowest BCUT2D eigenvalue weighted by Crippen LogP contribution is -2.37. The molecule has 2 N–H and O–H groups in total. The average molecular weight is 259 g/mol. The summed E-state index contributed by atoms with van der Waals surface area (Å²) >= 11 is 0. The van der Waals surface area contributed by atoms with Crippen molar-refractivity contribution in [3.63, 3.8) is 0 Å². The summed E-state index contributed by atoms with van der Waals surface area (Å²) in [5.41, 5.74) is 5.31. The standard InChI is InChI=1S/C12H13N5O2/c1-4-5-17-9(14)7(6-13)8-10(17)15(2)12(19)16(3)11(8)18/h4H,1,5,14H2,2-3H3. The van der Waals surface area contributed by atoms with E-state index in [1.54, 1.807) is 6.08 Å². The zero-order valence-corrected chi connectivity index (χ0v) is 10.7. The Bertz CT molecular complexity index is 844. The molecule has 7 heteroatoms. The van der Waals surface area contributed by atoms with Gasteiger partial charge in [-0.2, -0.15) is 5.26 Å². The summed E-state index contributed by atoms with van der Waals surface area (Å²) in [7, 11) is 2.90. The number of hydrogen-bond acceptors (Lipinski definition) is 4. The first-order valence-corrected chi connectivity index (χ1v) is 5.54. The summed E-state index contributed by atoms with van der Waals surface area (Å²) < 4.78 is 3.79. The van der Waals surface area contributed by atoms with Gasteiger partial charge < -0.3 is 10.3 Å². The van der Waals surface area contributed by atoms with Crippen LogP contribution in [0.3, 0.4) is 0 Å². The Morgan fingerprint density at radius 1 is 1.37 bits per heavy atom. The molecular formula is C12H13N5O2. The number of nitriles is 1. The van der Waals surface area contributed by atoms with Crippen molar-refractivity contribution in [2.24, 2.45) is 14.1 Å². The van der Waals surface area contributed by atoms with Crippen LogP contribution in [0, 0.1) is 11.3 Å². The van der Waals surface area contributed by atoms with E-state index in [0.717, 1.165) is 4.57 Å². The number of rotatable bonds is 2. The summed E-state index contributed by atoms with van der Waals surface area (Å²) in [4.78, 5) is 24.1. The first-order chi connectivity index (χ1) is 8.95. The minimum Gasteiger partial charge on any atom is -0.384 e. The lowest BCUT2D eigenvalue weighted by Gasteiger charge is -2.08. The van der Waals surface area contributed by atoms with Gasteiger partial charge in [-0.3, -0.25) is 13.9 Å². The van der Waals surface area contributed by atoms with Crippen LogP contribution in [-0.2, 0) is 20.6 Å². The summed E-state index contributed by atoms with van der Waals surface area (Å²) in [5.74, 6) is 0.163. The number of fused-ring (bicyclic) bond motifs is 1. The van der Waals surface area contributed by atoms with Crippen molar-refractivity contribution in [3.05, 3.63) is 39.1 Å². The van der Waals surface area contributed by atoms with Crippen LogP contribution >= 0.6 is 0 Å². The van der Waals surface area contributed by atoms with Gasteiger partial charge in [0.05, 0.1) is 0 Å². The van der Waals surface area contributed by atoms with Crippen molar-refractivity contribution in [1.82, 2.24) is 13.7 Å². The van der Waals surface area contributed by atoms with Gasteiger partial charge in [0.25, 0.3) is 5.56 Å². The van der Waals surface area contributed by atoms with Crippen molar-refractivity contribution < 1.29 is 0 Å². The number of nitrogens with two attached hydrogens (primary N) is 1. The molecule has 0 atom stereocenters. The number of nitrogen functional groups attached to an aromatic ring is 1. The van der Waals surface area contributed by atoms with Gasteiger partial charge in [0.15, 0.2) is 0 Å². The molecule has 0 unspecified atom stereocenters. The Kier molecular flexibility index (Phi) is 2.79. The largest absolute Gasteiger partial charge is 0.384 e. The Labute approximate surface area is 108 Å². The molecule has 0 saturated heterocycles. The zero-order chi connectivity index (χ0) is 14.3. The quantitative estimate of drug-likeness (QED) is 0.747. The SMILES string of the molecule is C=CCn1c(N)c(C#N)c2c(=O)n(C)c(=O)n(C)c21. The fourth-order valence-corrected chi connectivity index (χ4v) is 2.17. The molecule has 0 spiro atoms. The molecule has 0 aromatic carbocycles. The summed E-state index contributed by atoms with van der Waals surface area (Å²) in [6.07, 6.45) is 1.58. The molecule has 0 aliphatic carbocycles. The fourth-order valence-electron chi connectivity index (χ4n) is 2.17. The maximum Gasteiger partial charge on any atom is 0.332 e. The van der Waals surface area contributed by atoms with Gasteiger partial charge in [-0.05, 0) is 0 Å². The molecule has 0 aliphatic heterocycles. The van der Waals surface area contributed by atoms with Crippen molar-refractivity contribution in [3.8, 4) is 6.07 Å². The molecule has 0 amide bonds. The van der Waals surface area contributed by atoms with E-state index in [0.29, 0.717) is 12.2 Å². The van der Waals surface area contributed by atoms with Crippen molar-refractivity contribution >= 4 is 16.9 Å². The van der Waals surface area contributed by atoms with E-state index in [1.807, 2.05) is 6.07 Å². The van der Waals surface area contributed by atoms with Crippen LogP contribution in [0.15, 0.2) is 22.2 Å². The van der Waals surface area contributed by atoms with Crippen LogP contribution in [0.25, 0.3) is 11.0 Å². The molecule has 7 nitrogen and oxygen atoms in total. The molecule has 19 heavy (non-hydrogen) atoms. The number of nitrogens with zero attached hydrogens (tertiary/aromatic N) is 4. The Morgan fingerprint density at radius 2 is 2.00 bits per heavy atom. The highest BCUT2D eigenvalue weighted by molar-refractivity contribution is 5.89. The summed E-state index contributed by atoms with van der Waals surface area (Å²) in [6, 6.07) is 1.92. The first kappa shape index (κ1) is 12.7. The van der Waals surface area contributed by atoms with Gasteiger partial charge in [0.1, 0.15) is 28.5 Å². The highest BCUT2D eigenvalue weighted by atomic mass is 16.2. The predicted octanol–water partition coefficient (Wildman–Crippen LogP) is -0.321. The van der Waals surface area contributed by atoms with Crippen LogP contribution in [0.5, 0.6) is 0 Å². The normalized spacial score (nSPS) is 10.6. The zero-order valence-electron chi connectivity index (χ0n) is 10.7. The number of aromatic nitrogens is 3. The first-order valence-electron chi connectivity index (χ1n) is 5.54. The Hall–Kier alpha value is -2.75. The van der Waals surface area contributed by atoms with Crippen molar-refractivity contribution in [2.75, 3.05) is 5.73 Å². The second-order valence-electron chi connectivity index (χ2n) is 4.18. The summed E-state index contributed by atoms with van der Waals surface area (Å²) in [5, 5.41) is 9.33. The number of aryl methyl sites for hydroxylation is 1. The van der Waals surface area contributed by atoms with Gasteiger partial charge in [0.2, 0.25) is 0 Å². The fraction of sp³-hybridized carbons (Fsp3) is 0.250. The Morgan fingerprint density at radius 3 is 2.53 bits per heavy atom. The van der Waals surface area contributed by atoms with Gasteiger partial charge in [-0.1, -0.05) is 6.08 Å². The van der Waals surface area contributed by atoms with Gasteiger partial charge in [0, 0.05) is 20.6 Å². The van der Waals surface area contributed by atoms with E-state index in [2.05, 4.69) is 6.58 Å². The van der Waals surface area contributed by atoms with Crippen molar-refractivity contribution in [1.29, 1.82) is 5.26 Å². The smallest absolute Gasteiger partial charge is 0.332 e. The van der Waals surface area contributed by atoms with Crippen LogP contribution in [0.4, 0.5) is 5.82 Å². The van der Waals surface area contributed by atoms with E-state index in [9.17, 15) is 9.59 Å². The molecule has 0 radical (unpaired) electrons. The highest BCUT2D eigenvalue weighted by Gasteiger charge is 2.21. The van der Waals surface area contributed by atoms with Crippen LogP contribution in [0.1, 0.15) is 5.56 Å². The topological polar surface area (TPSA) is 98.7 Å². The average Bonchev–Trinajstić information content (AvgIpc) is 2.67. The maximum atomic E-state index is 12.2. The van der Waals surface area contributed by atoms with E-state index >= 15 is 0 Å². The number of allylic oxidation sites excluding steroid dienone is 1. The third kappa shape index (κ3) is 1.50. The molecule has 98 valence electrons. The third-order valence-corrected chi connectivity index (χ3v) is 3.11. The van der Waals surface area contributed by atoms with Crippen LogP contribution in [0.2, 0.25) is 0 Å².